The van der Waals surface area contributed by atoms with Gasteiger partial charge in [-0.3, -0.25) is 4.79 Å². The molecule has 104 valence electrons. The minimum Gasteiger partial charge on any atom is -0.493 e. The van der Waals surface area contributed by atoms with Gasteiger partial charge in [-0.15, -0.1) is 0 Å². The maximum absolute atomic E-state index is 11.9. The number of rotatable bonds is 4. The van der Waals surface area contributed by atoms with Crippen LogP contribution in [0.25, 0.3) is 0 Å². The number of amides is 1. The van der Waals surface area contributed by atoms with Crippen molar-refractivity contribution < 1.29 is 13.9 Å². The average molecular weight is 271 g/mol. The number of benzene rings is 1. The molecule has 0 saturated carbocycles. The standard InChI is InChI=1S/C16H17NO3/c18-16(17-11-14-4-2-7-19-14)10-12-5-6-15-13(9-12)3-1-8-20-15/h2,4-7,9H,1,3,8,10-11H2,(H,17,18). The SMILES string of the molecule is O=C(Cc1ccc2c(c1)CCCO2)NCc1ccco1. The third-order valence-corrected chi connectivity index (χ3v) is 3.38. The Morgan fingerprint density at radius 3 is 3.10 bits per heavy atom. The lowest BCUT2D eigenvalue weighted by Gasteiger charge is -2.17. The number of hydrogen-bond donors (Lipinski definition) is 1. The second-order valence-corrected chi connectivity index (χ2v) is 4.93. The molecule has 1 aromatic carbocycles. The molecule has 4 nitrogen and oxygen atoms in total. The summed E-state index contributed by atoms with van der Waals surface area (Å²) in [5.41, 5.74) is 2.22. The van der Waals surface area contributed by atoms with Gasteiger partial charge < -0.3 is 14.5 Å². The fourth-order valence-corrected chi connectivity index (χ4v) is 2.37. The molecule has 1 N–H and O–H groups in total. The molecule has 4 heteroatoms. The van der Waals surface area contributed by atoms with Gasteiger partial charge in [0.1, 0.15) is 11.5 Å². The summed E-state index contributed by atoms with van der Waals surface area (Å²) in [6.45, 7) is 1.22. The molecule has 0 unspecified atom stereocenters. The summed E-state index contributed by atoms with van der Waals surface area (Å²) in [7, 11) is 0. The molecule has 2 aromatic rings. The molecule has 0 fully saturated rings. The van der Waals surface area contributed by atoms with Crippen LogP contribution in [0.4, 0.5) is 0 Å². The Hall–Kier alpha value is -2.23. The van der Waals surface area contributed by atoms with Gasteiger partial charge in [0.05, 0.1) is 25.8 Å². The molecule has 3 rings (SSSR count). The van der Waals surface area contributed by atoms with Crippen molar-refractivity contribution in [2.75, 3.05) is 6.61 Å². The van der Waals surface area contributed by atoms with Gasteiger partial charge in [0.2, 0.25) is 5.91 Å². The molecule has 0 saturated heterocycles. The van der Waals surface area contributed by atoms with Crippen LogP contribution in [-0.4, -0.2) is 12.5 Å². The number of ether oxygens (including phenoxy) is 1. The lowest BCUT2D eigenvalue weighted by atomic mass is 10.0. The monoisotopic (exact) mass is 271 g/mol. The van der Waals surface area contributed by atoms with Gasteiger partial charge in [0, 0.05) is 0 Å². The summed E-state index contributed by atoms with van der Waals surface area (Å²) in [6.07, 6.45) is 4.05. The smallest absolute Gasteiger partial charge is 0.224 e. The number of furan rings is 1. The fourth-order valence-electron chi connectivity index (χ4n) is 2.37. The summed E-state index contributed by atoms with van der Waals surface area (Å²) in [6, 6.07) is 9.64. The number of carbonyl (C=O) groups excluding carboxylic acids is 1. The van der Waals surface area contributed by atoms with E-state index in [9.17, 15) is 4.79 Å². The van der Waals surface area contributed by atoms with E-state index >= 15 is 0 Å². The summed E-state index contributed by atoms with van der Waals surface area (Å²) in [5.74, 6) is 1.71. The fraction of sp³-hybridized carbons (Fsp3) is 0.312. The van der Waals surface area contributed by atoms with Crippen molar-refractivity contribution in [3.63, 3.8) is 0 Å². The molecule has 0 radical (unpaired) electrons. The molecular formula is C16H17NO3. The van der Waals surface area contributed by atoms with Crippen molar-refractivity contribution >= 4 is 5.91 Å². The Morgan fingerprint density at radius 2 is 2.25 bits per heavy atom. The molecule has 1 aliphatic rings. The van der Waals surface area contributed by atoms with Crippen molar-refractivity contribution in [2.45, 2.75) is 25.8 Å². The zero-order valence-corrected chi connectivity index (χ0v) is 11.2. The van der Waals surface area contributed by atoms with E-state index < -0.39 is 0 Å². The number of carbonyl (C=O) groups is 1. The average Bonchev–Trinajstić information content (AvgIpc) is 2.98. The van der Waals surface area contributed by atoms with Crippen LogP contribution in [0, 0.1) is 0 Å². The van der Waals surface area contributed by atoms with E-state index in [1.54, 1.807) is 6.26 Å². The number of hydrogen-bond acceptors (Lipinski definition) is 3. The van der Waals surface area contributed by atoms with Crippen molar-refractivity contribution in [1.29, 1.82) is 0 Å². The summed E-state index contributed by atoms with van der Waals surface area (Å²) in [5, 5.41) is 2.85. The maximum Gasteiger partial charge on any atom is 0.224 e. The zero-order valence-electron chi connectivity index (χ0n) is 11.2. The first-order valence-electron chi connectivity index (χ1n) is 6.85. The van der Waals surface area contributed by atoms with E-state index in [0.29, 0.717) is 13.0 Å². The van der Waals surface area contributed by atoms with E-state index in [4.69, 9.17) is 9.15 Å². The highest BCUT2D eigenvalue weighted by Gasteiger charge is 2.12. The predicted molar refractivity (Wildman–Crippen MR) is 74.5 cm³/mol. The molecule has 1 aromatic heterocycles. The molecule has 0 aliphatic carbocycles. The summed E-state index contributed by atoms with van der Waals surface area (Å²) in [4.78, 5) is 11.9. The van der Waals surface area contributed by atoms with E-state index in [0.717, 1.165) is 36.5 Å². The minimum absolute atomic E-state index is 0.00178. The summed E-state index contributed by atoms with van der Waals surface area (Å²) < 4.78 is 10.7. The van der Waals surface area contributed by atoms with Crippen LogP contribution in [0.1, 0.15) is 23.3 Å². The van der Waals surface area contributed by atoms with Gasteiger partial charge >= 0.3 is 0 Å². The first-order valence-corrected chi connectivity index (χ1v) is 6.85. The summed E-state index contributed by atoms with van der Waals surface area (Å²) >= 11 is 0. The molecule has 1 amide bonds. The van der Waals surface area contributed by atoms with Crippen molar-refractivity contribution in [3.05, 3.63) is 53.5 Å². The molecule has 2 heterocycles. The van der Waals surface area contributed by atoms with E-state index in [1.807, 2.05) is 24.3 Å². The van der Waals surface area contributed by atoms with Gasteiger partial charge in [0.15, 0.2) is 0 Å². The molecule has 0 atom stereocenters. The van der Waals surface area contributed by atoms with Crippen LogP contribution >= 0.6 is 0 Å². The highest BCUT2D eigenvalue weighted by Crippen LogP contribution is 2.25. The molecular weight excluding hydrogens is 254 g/mol. The van der Waals surface area contributed by atoms with Crippen molar-refractivity contribution in [3.8, 4) is 5.75 Å². The van der Waals surface area contributed by atoms with Crippen LogP contribution < -0.4 is 10.1 Å². The highest BCUT2D eigenvalue weighted by molar-refractivity contribution is 5.78. The number of aryl methyl sites for hydroxylation is 1. The Labute approximate surface area is 117 Å². The van der Waals surface area contributed by atoms with Gasteiger partial charge in [0.25, 0.3) is 0 Å². The highest BCUT2D eigenvalue weighted by atomic mass is 16.5. The number of fused-ring (bicyclic) bond motifs is 1. The lowest BCUT2D eigenvalue weighted by molar-refractivity contribution is -0.120. The van der Waals surface area contributed by atoms with Crippen molar-refractivity contribution in [2.24, 2.45) is 0 Å². The second-order valence-electron chi connectivity index (χ2n) is 4.93. The second kappa shape index (κ2) is 5.82. The minimum atomic E-state index is -0.00178. The van der Waals surface area contributed by atoms with Crippen molar-refractivity contribution in [1.82, 2.24) is 5.32 Å². The quantitative estimate of drug-likeness (QED) is 0.929. The molecule has 0 bridgehead atoms. The van der Waals surface area contributed by atoms with Gasteiger partial charge in [-0.05, 0) is 42.2 Å². The Morgan fingerprint density at radius 1 is 1.30 bits per heavy atom. The van der Waals surface area contributed by atoms with Crippen LogP contribution in [0.2, 0.25) is 0 Å². The predicted octanol–water partition coefficient (Wildman–Crippen LogP) is 2.46. The Kier molecular flexibility index (Phi) is 3.72. The molecule has 0 spiro atoms. The van der Waals surface area contributed by atoms with Crippen LogP contribution in [0.5, 0.6) is 5.75 Å². The largest absolute Gasteiger partial charge is 0.493 e. The normalized spacial score (nSPS) is 13.4. The van der Waals surface area contributed by atoms with E-state index in [2.05, 4.69) is 11.4 Å². The van der Waals surface area contributed by atoms with Crippen LogP contribution in [0.3, 0.4) is 0 Å². The van der Waals surface area contributed by atoms with Crippen LogP contribution in [0.15, 0.2) is 41.0 Å². The first kappa shape index (κ1) is 12.8. The van der Waals surface area contributed by atoms with E-state index in [-0.39, 0.29) is 5.91 Å². The Balaban J connectivity index is 1.58. The third kappa shape index (κ3) is 3.02. The maximum atomic E-state index is 11.9. The third-order valence-electron chi connectivity index (χ3n) is 3.38. The van der Waals surface area contributed by atoms with Gasteiger partial charge in [-0.1, -0.05) is 12.1 Å². The Bertz CT molecular complexity index is 590. The lowest BCUT2D eigenvalue weighted by Crippen LogP contribution is -2.24. The zero-order chi connectivity index (χ0) is 13.8. The first-order chi connectivity index (χ1) is 9.81. The van der Waals surface area contributed by atoms with Gasteiger partial charge in [-0.25, -0.2) is 0 Å². The molecule has 20 heavy (non-hydrogen) atoms. The topological polar surface area (TPSA) is 51.5 Å². The van der Waals surface area contributed by atoms with E-state index in [1.165, 1.54) is 5.56 Å². The molecule has 1 aliphatic heterocycles. The number of nitrogens with one attached hydrogen (secondary N) is 1. The van der Waals surface area contributed by atoms with Crippen LogP contribution in [-0.2, 0) is 24.2 Å². The van der Waals surface area contributed by atoms with Gasteiger partial charge in [-0.2, -0.15) is 0 Å².